The van der Waals surface area contributed by atoms with Crippen molar-refractivity contribution in [3.8, 4) is 0 Å². The first-order valence-corrected chi connectivity index (χ1v) is 8.60. The molecule has 0 bridgehead atoms. The Balaban J connectivity index is 2.14. The van der Waals surface area contributed by atoms with Gasteiger partial charge >= 0.3 is 11.9 Å². The van der Waals surface area contributed by atoms with Crippen LogP contribution in [0.1, 0.15) is 18.4 Å². The van der Waals surface area contributed by atoms with E-state index in [2.05, 4.69) is 15.6 Å². The minimum absolute atomic E-state index is 0.0856. The second kappa shape index (κ2) is 9.51. The average molecular weight is 390 g/mol. The van der Waals surface area contributed by atoms with Crippen molar-refractivity contribution in [3.05, 3.63) is 36.0 Å². The largest absolute Gasteiger partial charge is 0.481 e. The van der Waals surface area contributed by atoms with E-state index in [0.717, 1.165) is 16.5 Å². The third-order valence-corrected chi connectivity index (χ3v) is 4.15. The molecular weight excluding hydrogens is 368 g/mol. The average Bonchev–Trinajstić information content (AvgIpc) is 3.06. The van der Waals surface area contributed by atoms with Crippen LogP contribution in [0, 0.1) is 0 Å². The van der Waals surface area contributed by atoms with Gasteiger partial charge in [-0.1, -0.05) is 18.2 Å². The number of rotatable bonds is 10. The van der Waals surface area contributed by atoms with Crippen LogP contribution in [-0.4, -0.2) is 57.6 Å². The predicted molar refractivity (Wildman–Crippen MR) is 99.4 cm³/mol. The molecule has 0 aliphatic carbocycles. The Hall–Kier alpha value is -3.40. The Morgan fingerprint density at radius 3 is 2.46 bits per heavy atom. The molecule has 0 saturated heterocycles. The van der Waals surface area contributed by atoms with Gasteiger partial charge in [0.15, 0.2) is 0 Å². The topological polar surface area (TPSA) is 175 Å². The van der Waals surface area contributed by atoms with Gasteiger partial charge in [0.25, 0.3) is 0 Å². The standard InChI is InChI=1S/C18H22N4O6/c19-12(5-6-15(23)24)17(27)22-14(18(28)21-9-16(25)26)7-10-8-20-13-4-2-1-3-11(10)13/h1-4,8,12,14,20H,5-7,9,19H2,(H,21,28)(H,22,27)(H,23,24)(H,25,26)/t12-,14-/m0/s1. The lowest BCUT2D eigenvalue weighted by atomic mass is 10.0. The van der Waals surface area contributed by atoms with E-state index in [1.54, 1.807) is 6.20 Å². The normalized spacial score (nSPS) is 12.9. The summed E-state index contributed by atoms with van der Waals surface area (Å²) >= 11 is 0. The van der Waals surface area contributed by atoms with Crippen molar-refractivity contribution in [1.29, 1.82) is 0 Å². The Labute approximate surface area is 160 Å². The molecule has 2 atom stereocenters. The van der Waals surface area contributed by atoms with Crippen molar-refractivity contribution in [2.24, 2.45) is 5.73 Å². The van der Waals surface area contributed by atoms with Crippen molar-refractivity contribution in [2.75, 3.05) is 6.54 Å². The monoisotopic (exact) mass is 390 g/mol. The minimum Gasteiger partial charge on any atom is -0.481 e. The summed E-state index contributed by atoms with van der Waals surface area (Å²) in [6, 6.07) is 5.23. The molecular formula is C18H22N4O6. The van der Waals surface area contributed by atoms with E-state index in [1.165, 1.54) is 0 Å². The van der Waals surface area contributed by atoms with Crippen molar-refractivity contribution in [3.63, 3.8) is 0 Å². The highest BCUT2D eigenvalue weighted by molar-refractivity contribution is 5.92. The molecule has 2 amide bonds. The molecule has 0 unspecified atom stereocenters. The molecule has 0 radical (unpaired) electrons. The van der Waals surface area contributed by atoms with E-state index in [-0.39, 0.29) is 19.3 Å². The molecule has 1 aromatic heterocycles. The SMILES string of the molecule is N[C@@H](CCC(=O)O)C(=O)N[C@@H](Cc1c[nH]c2ccccc12)C(=O)NCC(=O)O. The number of nitrogens with two attached hydrogens (primary N) is 1. The van der Waals surface area contributed by atoms with Crippen molar-refractivity contribution >= 4 is 34.7 Å². The number of carbonyl (C=O) groups excluding carboxylic acids is 2. The fraction of sp³-hybridized carbons (Fsp3) is 0.333. The first-order chi connectivity index (χ1) is 13.3. The van der Waals surface area contributed by atoms with Gasteiger partial charge in [0.2, 0.25) is 11.8 Å². The Morgan fingerprint density at radius 2 is 1.79 bits per heavy atom. The quantitative estimate of drug-likeness (QED) is 0.319. The maximum atomic E-state index is 12.4. The predicted octanol–water partition coefficient (Wildman–Crippen LogP) is -0.412. The molecule has 10 nitrogen and oxygen atoms in total. The summed E-state index contributed by atoms with van der Waals surface area (Å²) in [5.74, 6) is -3.66. The summed E-state index contributed by atoms with van der Waals surface area (Å²) in [5, 5.41) is 23.0. The van der Waals surface area contributed by atoms with Crippen LogP contribution in [0.3, 0.4) is 0 Å². The zero-order valence-electron chi connectivity index (χ0n) is 15.0. The number of carboxylic acid groups (broad SMARTS) is 2. The summed E-state index contributed by atoms with van der Waals surface area (Å²) < 4.78 is 0. The second-order valence-electron chi connectivity index (χ2n) is 6.28. The number of carboxylic acids is 2. The molecule has 0 saturated carbocycles. The number of carbonyl (C=O) groups is 4. The highest BCUT2D eigenvalue weighted by Crippen LogP contribution is 2.19. The molecule has 28 heavy (non-hydrogen) atoms. The fourth-order valence-electron chi connectivity index (χ4n) is 2.70. The summed E-state index contributed by atoms with van der Waals surface area (Å²) in [6.45, 7) is -0.593. The number of aliphatic carboxylic acids is 2. The highest BCUT2D eigenvalue weighted by atomic mass is 16.4. The summed E-state index contributed by atoms with van der Waals surface area (Å²) in [4.78, 5) is 49.1. The number of hydrogen-bond donors (Lipinski definition) is 6. The van der Waals surface area contributed by atoms with Gasteiger partial charge in [0.05, 0.1) is 6.04 Å². The molecule has 0 spiro atoms. The number of aromatic amines is 1. The van der Waals surface area contributed by atoms with Crippen molar-refractivity contribution in [2.45, 2.75) is 31.3 Å². The maximum Gasteiger partial charge on any atom is 0.322 e. The highest BCUT2D eigenvalue weighted by Gasteiger charge is 2.25. The fourth-order valence-corrected chi connectivity index (χ4v) is 2.70. The molecule has 0 fully saturated rings. The van der Waals surface area contributed by atoms with Crippen molar-refractivity contribution < 1.29 is 29.4 Å². The molecule has 150 valence electrons. The van der Waals surface area contributed by atoms with Crippen LogP contribution in [0.25, 0.3) is 10.9 Å². The van der Waals surface area contributed by atoms with Gasteiger partial charge in [0, 0.05) is 29.9 Å². The van der Waals surface area contributed by atoms with Crippen molar-refractivity contribution in [1.82, 2.24) is 15.6 Å². The number of H-pyrrole nitrogens is 1. The Morgan fingerprint density at radius 1 is 1.07 bits per heavy atom. The van der Waals surface area contributed by atoms with Gasteiger partial charge in [-0.2, -0.15) is 0 Å². The van der Waals surface area contributed by atoms with Crippen LogP contribution in [0.5, 0.6) is 0 Å². The number of benzene rings is 1. The molecule has 0 aliphatic rings. The van der Waals surface area contributed by atoms with Crippen LogP contribution in [0.15, 0.2) is 30.5 Å². The van der Waals surface area contributed by atoms with Crippen LogP contribution >= 0.6 is 0 Å². The Bertz CT molecular complexity index is 878. The van der Waals surface area contributed by atoms with Crippen LogP contribution in [-0.2, 0) is 25.6 Å². The molecule has 1 heterocycles. The Kier molecular flexibility index (Phi) is 7.10. The van der Waals surface area contributed by atoms with E-state index < -0.39 is 42.4 Å². The van der Waals surface area contributed by atoms with E-state index in [0.29, 0.717) is 0 Å². The summed E-state index contributed by atoms with van der Waals surface area (Å²) in [5.41, 5.74) is 7.30. The first kappa shape index (κ1) is 20.9. The number of fused-ring (bicyclic) bond motifs is 1. The third-order valence-electron chi connectivity index (χ3n) is 4.15. The summed E-state index contributed by atoms with van der Waals surface area (Å²) in [7, 11) is 0. The lowest BCUT2D eigenvalue weighted by Gasteiger charge is -2.20. The number of aromatic nitrogens is 1. The first-order valence-electron chi connectivity index (χ1n) is 8.60. The molecule has 2 rings (SSSR count). The zero-order valence-corrected chi connectivity index (χ0v) is 15.0. The maximum absolute atomic E-state index is 12.4. The number of para-hydroxylation sites is 1. The molecule has 2 aromatic rings. The zero-order chi connectivity index (χ0) is 20.7. The minimum atomic E-state index is -1.22. The molecule has 1 aromatic carbocycles. The molecule has 7 N–H and O–H groups in total. The lowest BCUT2D eigenvalue weighted by Crippen LogP contribution is -2.53. The molecule has 10 heteroatoms. The van der Waals surface area contributed by atoms with Crippen LogP contribution < -0.4 is 16.4 Å². The van der Waals surface area contributed by atoms with Gasteiger partial charge in [-0.25, -0.2) is 0 Å². The third kappa shape index (κ3) is 5.81. The number of hydrogen-bond acceptors (Lipinski definition) is 5. The van der Waals surface area contributed by atoms with Gasteiger partial charge in [-0.05, 0) is 18.1 Å². The summed E-state index contributed by atoms with van der Waals surface area (Å²) in [6.07, 6.45) is 1.44. The van der Waals surface area contributed by atoms with E-state index >= 15 is 0 Å². The van der Waals surface area contributed by atoms with E-state index in [4.69, 9.17) is 15.9 Å². The van der Waals surface area contributed by atoms with Gasteiger partial charge in [0.1, 0.15) is 12.6 Å². The second-order valence-corrected chi connectivity index (χ2v) is 6.28. The lowest BCUT2D eigenvalue weighted by molar-refractivity contribution is -0.138. The van der Waals surface area contributed by atoms with E-state index in [1.807, 2.05) is 24.3 Å². The number of nitrogens with one attached hydrogen (secondary N) is 3. The van der Waals surface area contributed by atoms with Gasteiger partial charge < -0.3 is 31.6 Å². The van der Waals surface area contributed by atoms with E-state index in [9.17, 15) is 19.2 Å². The van der Waals surface area contributed by atoms with Gasteiger partial charge in [-0.15, -0.1) is 0 Å². The van der Waals surface area contributed by atoms with Gasteiger partial charge in [-0.3, -0.25) is 19.2 Å². The van der Waals surface area contributed by atoms with Crippen LogP contribution in [0.2, 0.25) is 0 Å². The van der Waals surface area contributed by atoms with Crippen LogP contribution in [0.4, 0.5) is 0 Å². The molecule has 0 aliphatic heterocycles. The smallest absolute Gasteiger partial charge is 0.322 e. The number of amides is 2.